The Kier molecular flexibility index (Phi) is 43.9. The molecule has 0 rings (SSSR count). The number of unbranched alkanes of at least 4 members (excludes halogenated alkanes) is 25. The van der Waals surface area contributed by atoms with Gasteiger partial charge in [-0.1, -0.05) is 204 Å². The van der Waals surface area contributed by atoms with E-state index in [4.69, 9.17) is 13.8 Å². The van der Waals surface area contributed by atoms with E-state index in [1.165, 1.54) is 89.9 Å². The third-order valence-corrected chi connectivity index (χ3v) is 12.5. The highest BCUT2D eigenvalue weighted by Gasteiger charge is 2.30. The van der Waals surface area contributed by atoms with Gasteiger partial charge in [0.25, 0.3) is 0 Å². The number of likely N-dealkylation sites (N-methyl/N-ethyl adjacent to an activating group) is 1. The summed E-state index contributed by atoms with van der Waals surface area (Å²) < 4.78 is 30.5. The van der Waals surface area contributed by atoms with Crippen molar-refractivity contribution >= 4 is 19.7 Å². The Hall–Kier alpha value is -2.29. The van der Waals surface area contributed by atoms with Crippen LogP contribution < -0.4 is 5.32 Å². The highest BCUT2D eigenvalue weighted by Crippen LogP contribution is 2.43. The lowest BCUT2D eigenvalue weighted by Gasteiger charge is -2.27. The number of hydrogen-bond donors (Lipinski definition) is 2. The normalized spacial score (nSPS) is 14.4. The van der Waals surface area contributed by atoms with Crippen LogP contribution in [0.3, 0.4) is 0 Å². The quantitative estimate of drug-likeness (QED) is 0.0156. The summed E-state index contributed by atoms with van der Waals surface area (Å²) in [7, 11) is 1.48. The topological polar surface area (TPSA) is 111 Å². The Bertz CT molecular complexity index is 1300. The second kappa shape index (κ2) is 45.5. The molecule has 3 atom stereocenters. The summed E-state index contributed by atoms with van der Waals surface area (Å²) in [5.41, 5.74) is 0. The molecule has 0 fully saturated rings. The van der Waals surface area contributed by atoms with Crippen LogP contribution in [0.5, 0.6) is 0 Å². The van der Waals surface area contributed by atoms with E-state index in [-0.39, 0.29) is 31.5 Å². The number of rotatable bonds is 47. The predicted molar refractivity (Wildman–Crippen MR) is 277 cm³/mol. The fourth-order valence-corrected chi connectivity index (χ4v) is 8.07. The monoisotopic (exact) mass is 934 g/mol. The van der Waals surface area contributed by atoms with Gasteiger partial charge in [-0.3, -0.25) is 18.6 Å². The van der Waals surface area contributed by atoms with Gasteiger partial charge in [0.05, 0.1) is 33.8 Å². The van der Waals surface area contributed by atoms with Gasteiger partial charge in [-0.25, -0.2) is 4.57 Å². The number of nitrogens with zero attached hydrogens (tertiary/aromatic N) is 1. The average Bonchev–Trinajstić information content (AvgIpc) is 3.26. The van der Waals surface area contributed by atoms with Crippen molar-refractivity contribution in [2.45, 2.75) is 238 Å². The molecule has 0 saturated heterocycles. The van der Waals surface area contributed by atoms with Crippen molar-refractivity contribution in [3.63, 3.8) is 0 Å². The number of phosphoric acid groups is 1. The average molecular weight is 934 g/mol. The van der Waals surface area contributed by atoms with Crippen LogP contribution in [-0.4, -0.2) is 74.3 Å². The first kappa shape index (κ1) is 62.7. The SMILES string of the molecule is CC/C=C/C=C/C=C/CCCCCCCCCC(=O)NC(COP(=O)(O)OCC[N+](C)(C)C)C(/C=C/CCCCCCCCCCCCC)OC(=O)CCCCCCC/C=C\CCCC. The molecule has 2 N–H and O–H groups in total. The Morgan fingerprint density at radius 3 is 1.55 bits per heavy atom. The fourth-order valence-electron chi connectivity index (χ4n) is 7.33. The number of esters is 1. The van der Waals surface area contributed by atoms with Crippen molar-refractivity contribution in [2.24, 2.45) is 0 Å². The molecule has 0 aromatic heterocycles. The second-order valence-electron chi connectivity index (χ2n) is 19.1. The van der Waals surface area contributed by atoms with E-state index < -0.39 is 20.0 Å². The largest absolute Gasteiger partial charge is 0.472 e. The highest BCUT2D eigenvalue weighted by molar-refractivity contribution is 7.47. The van der Waals surface area contributed by atoms with Gasteiger partial charge in [0, 0.05) is 12.8 Å². The van der Waals surface area contributed by atoms with Gasteiger partial charge in [0.2, 0.25) is 5.91 Å². The standard InChI is InChI=1S/C55H101N2O7P/c1-7-10-13-16-19-22-25-27-28-30-33-35-38-41-44-47-54(58)56-52(51-63-65(60,61)62-50-49-57(4,5)6)53(46-43-40-37-34-32-29-26-23-20-17-14-11-8-2)64-55(59)48-45-42-39-36-31-24-21-18-15-12-9-3/h10,13,16,18-19,21-22,25,43,46,52-53H,7-9,11-12,14-15,17,20,23-24,26-42,44-45,47-51H2,1-6H3,(H-,56,58,60,61)/p+1/b13-10+,19-16+,21-18-,25-22+,46-43+. The van der Waals surface area contributed by atoms with Crippen molar-refractivity contribution < 1.29 is 37.3 Å². The molecule has 1 amide bonds. The number of allylic oxidation sites excluding steroid dienone is 9. The van der Waals surface area contributed by atoms with Crippen LogP contribution >= 0.6 is 7.82 Å². The molecule has 0 aliphatic rings. The van der Waals surface area contributed by atoms with Gasteiger partial charge in [0.15, 0.2) is 0 Å². The molecule has 0 spiro atoms. The Labute approximate surface area is 401 Å². The van der Waals surface area contributed by atoms with E-state index in [2.05, 4.69) is 74.7 Å². The number of phosphoric ester groups is 1. The summed E-state index contributed by atoms with van der Waals surface area (Å²) in [6.45, 7) is 6.81. The highest BCUT2D eigenvalue weighted by atomic mass is 31.2. The zero-order chi connectivity index (χ0) is 48.0. The maximum atomic E-state index is 13.4. The van der Waals surface area contributed by atoms with Crippen LogP contribution in [0.2, 0.25) is 0 Å². The zero-order valence-corrected chi connectivity index (χ0v) is 43.9. The number of hydrogen-bond acceptors (Lipinski definition) is 6. The minimum absolute atomic E-state index is 0.0348. The number of nitrogens with one attached hydrogen (secondary N) is 1. The maximum Gasteiger partial charge on any atom is 0.472 e. The Morgan fingerprint density at radius 2 is 1.02 bits per heavy atom. The number of ether oxygens (including phenoxy) is 1. The minimum Gasteiger partial charge on any atom is -0.456 e. The van der Waals surface area contributed by atoms with Crippen LogP contribution in [0.25, 0.3) is 0 Å². The summed E-state index contributed by atoms with van der Waals surface area (Å²) in [5, 5.41) is 3.03. The smallest absolute Gasteiger partial charge is 0.456 e. The molecular formula is C55H102N2O7P+. The molecule has 0 heterocycles. The molecular weight excluding hydrogens is 832 g/mol. The van der Waals surface area contributed by atoms with Gasteiger partial charge >= 0.3 is 13.8 Å². The van der Waals surface area contributed by atoms with Gasteiger partial charge < -0.3 is 19.4 Å². The number of carbonyl (C=O) groups is 2. The maximum absolute atomic E-state index is 13.4. The summed E-state index contributed by atoms with van der Waals surface area (Å²) in [6.07, 6.45) is 55.0. The van der Waals surface area contributed by atoms with Crippen molar-refractivity contribution in [1.82, 2.24) is 5.32 Å². The van der Waals surface area contributed by atoms with Crippen LogP contribution in [-0.2, 0) is 27.9 Å². The summed E-state index contributed by atoms with van der Waals surface area (Å²) in [5.74, 6) is -0.533. The molecule has 0 bridgehead atoms. The van der Waals surface area contributed by atoms with Crippen molar-refractivity contribution in [3.8, 4) is 0 Å². The van der Waals surface area contributed by atoms with Crippen molar-refractivity contribution in [3.05, 3.63) is 60.8 Å². The lowest BCUT2D eigenvalue weighted by molar-refractivity contribution is -0.870. The van der Waals surface area contributed by atoms with Gasteiger partial charge in [-0.15, -0.1) is 0 Å². The number of amides is 1. The van der Waals surface area contributed by atoms with E-state index in [9.17, 15) is 19.0 Å². The van der Waals surface area contributed by atoms with Crippen molar-refractivity contribution in [2.75, 3.05) is 40.9 Å². The van der Waals surface area contributed by atoms with Gasteiger partial charge in [-0.2, -0.15) is 0 Å². The number of quaternary nitrogens is 1. The summed E-state index contributed by atoms with van der Waals surface area (Å²) in [4.78, 5) is 37.4. The molecule has 0 aromatic rings. The van der Waals surface area contributed by atoms with E-state index in [0.29, 0.717) is 17.4 Å². The molecule has 0 saturated carbocycles. The molecule has 9 nitrogen and oxygen atoms in total. The lowest BCUT2D eigenvalue weighted by Crippen LogP contribution is -2.47. The summed E-state index contributed by atoms with van der Waals surface area (Å²) in [6, 6.07) is -0.856. The van der Waals surface area contributed by atoms with Crippen molar-refractivity contribution in [1.29, 1.82) is 0 Å². The molecule has 10 heteroatoms. The molecule has 378 valence electrons. The Balaban J connectivity index is 5.45. The van der Waals surface area contributed by atoms with Crippen LogP contribution in [0.1, 0.15) is 226 Å². The third-order valence-electron chi connectivity index (χ3n) is 11.5. The molecule has 65 heavy (non-hydrogen) atoms. The van der Waals surface area contributed by atoms with Gasteiger partial charge in [-0.05, 0) is 70.3 Å². The van der Waals surface area contributed by atoms with E-state index in [1.807, 2.05) is 33.3 Å². The first-order chi connectivity index (χ1) is 31.4. The van der Waals surface area contributed by atoms with E-state index >= 15 is 0 Å². The molecule has 0 aliphatic carbocycles. The summed E-state index contributed by atoms with van der Waals surface area (Å²) >= 11 is 0. The second-order valence-corrected chi connectivity index (χ2v) is 20.5. The predicted octanol–water partition coefficient (Wildman–Crippen LogP) is 15.5. The van der Waals surface area contributed by atoms with Gasteiger partial charge in [0.1, 0.15) is 19.3 Å². The van der Waals surface area contributed by atoms with Crippen LogP contribution in [0.15, 0.2) is 60.8 Å². The van der Waals surface area contributed by atoms with Crippen LogP contribution in [0, 0.1) is 0 Å². The molecule has 0 aliphatic heterocycles. The first-order valence-electron chi connectivity index (χ1n) is 26.6. The molecule has 0 radical (unpaired) electrons. The van der Waals surface area contributed by atoms with E-state index in [1.54, 1.807) is 0 Å². The first-order valence-corrected chi connectivity index (χ1v) is 28.1. The van der Waals surface area contributed by atoms with Crippen LogP contribution in [0.4, 0.5) is 0 Å². The zero-order valence-electron chi connectivity index (χ0n) is 43.0. The minimum atomic E-state index is -4.44. The molecule has 0 aromatic carbocycles. The molecule has 3 unspecified atom stereocenters. The van der Waals surface area contributed by atoms with E-state index in [0.717, 1.165) is 103 Å². The Morgan fingerprint density at radius 1 is 0.554 bits per heavy atom. The lowest BCUT2D eigenvalue weighted by atomic mass is 10.0. The third kappa shape index (κ3) is 46.6. The fraction of sp³-hybridized carbons (Fsp3) is 0.782. The number of carbonyl (C=O) groups excluding carboxylic acids is 2.